The van der Waals surface area contributed by atoms with Gasteiger partial charge in [0.05, 0.1) is 6.61 Å². The summed E-state index contributed by atoms with van der Waals surface area (Å²) in [6.07, 6.45) is 0.816. The van der Waals surface area contributed by atoms with E-state index >= 15 is 0 Å². The second-order valence-corrected chi connectivity index (χ2v) is 4.49. The smallest absolute Gasteiger partial charge is 0.409 e. The van der Waals surface area contributed by atoms with Crippen LogP contribution in [0.25, 0.3) is 0 Å². The molecule has 5 nitrogen and oxygen atoms in total. The largest absolute Gasteiger partial charge is 0.449 e. The molecule has 0 bridgehead atoms. The molecular weight excluding hydrogens is 244 g/mol. The van der Waals surface area contributed by atoms with Crippen molar-refractivity contribution in [2.75, 3.05) is 31.6 Å². The van der Waals surface area contributed by atoms with Crippen molar-refractivity contribution >= 4 is 17.7 Å². The molecule has 0 unspecified atom stereocenters. The summed E-state index contributed by atoms with van der Waals surface area (Å²) >= 11 is 0. The Morgan fingerprint density at radius 2 is 2.11 bits per heavy atom. The number of carbonyl (C=O) groups excluding carboxylic acids is 2. The summed E-state index contributed by atoms with van der Waals surface area (Å²) in [6.45, 7) is 1.56. The molecular formula is C14H18N2O3. The fraction of sp³-hybridized carbons (Fsp3) is 0.429. The lowest BCUT2D eigenvalue weighted by molar-refractivity contribution is -0.118. The maximum Gasteiger partial charge on any atom is 0.409 e. The average molecular weight is 262 g/mol. The van der Waals surface area contributed by atoms with Crippen molar-refractivity contribution in [3.8, 4) is 0 Å². The molecule has 1 aliphatic heterocycles. The molecule has 2 rings (SSSR count). The van der Waals surface area contributed by atoms with Gasteiger partial charge in [-0.1, -0.05) is 18.2 Å². The minimum absolute atomic E-state index is 0.00965. The van der Waals surface area contributed by atoms with Crippen LogP contribution in [-0.4, -0.2) is 43.6 Å². The molecule has 1 saturated heterocycles. The Bertz CT molecular complexity index is 447. The quantitative estimate of drug-likeness (QED) is 0.832. The van der Waals surface area contributed by atoms with Crippen LogP contribution in [-0.2, 0) is 9.53 Å². The molecule has 0 radical (unpaired) electrons. The Kier molecular flexibility index (Phi) is 4.39. The zero-order valence-electron chi connectivity index (χ0n) is 11.0. The monoisotopic (exact) mass is 262 g/mol. The van der Waals surface area contributed by atoms with E-state index in [1.54, 1.807) is 16.8 Å². The number of rotatable bonds is 4. The third kappa shape index (κ3) is 3.47. The van der Waals surface area contributed by atoms with E-state index in [4.69, 9.17) is 4.74 Å². The van der Waals surface area contributed by atoms with E-state index in [2.05, 4.69) is 0 Å². The predicted molar refractivity (Wildman–Crippen MR) is 72.0 cm³/mol. The maximum absolute atomic E-state index is 12.0. The van der Waals surface area contributed by atoms with Gasteiger partial charge in [0.15, 0.2) is 0 Å². The fourth-order valence-electron chi connectivity index (χ4n) is 1.99. The van der Waals surface area contributed by atoms with Gasteiger partial charge in [-0.25, -0.2) is 4.79 Å². The van der Waals surface area contributed by atoms with Crippen LogP contribution >= 0.6 is 0 Å². The van der Waals surface area contributed by atoms with Gasteiger partial charge >= 0.3 is 6.09 Å². The number of cyclic esters (lactones) is 1. The van der Waals surface area contributed by atoms with Crippen molar-refractivity contribution in [3.05, 3.63) is 30.3 Å². The number of hydrogen-bond donors (Lipinski definition) is 0. The average Bonchev–Trinajstić information content (AvgIpc) is 2.46. The Hall–Kier alpha value is -2.04. The van der Waals surface area contributed by atoms with Crippen molar-refractivity contribution in [3.63, 3.8) is 0 Å². The van der Waals surface area contributed by atoms with Crippen molar-refractivity contribution in [2.45, 2.75) is 12.8 Å². The summed E-state index contributed by atoms with van der Waals surface area (Å²) < 4.78 is 4.93. The normalized spacial score (nSPS) is 15.0. The molecule has 102 valence electrons. The number of anilines is 1. The Morgan fingerprint density at radius 1 is 1.37 bits per heavy atom. The van der Waals surface area contributed by atoms with Crippen molar-refractivity contribution < 1.29 is 14.3 Å². The first kappa shape index (κ1) is 13.4. The minimum atomic E-state index is -0.318. The van der Waals surface area contributed by atoms with Crippen molar-refractivity contribution in [1.29, 1.82) is 0 Å². The highest BCUT2D eigenvalue weighted by Gasteiger charge is 2.21. The van der Waals surface area contributed by atoms with E-state index < -0.39 is 0 Å². The SMILES string of the molecule is CN(C(=O)CCN1CCCOC1=O)c1ccccc1. The maximum atomic E-state index is 12.0. The number of carbonyl (C=O) groups is 2. The first-order valence-electron chi connectivity index (χ1n) is 6.42. The summed E-state index contributed by atoms with van der Waals surface area (Å²) in [7, 11) is 1.74. The van der Waals surface area contributed by atoms with Crippen LogP contribution in [0.3, 0.4) is 0 Å². The molecule has 0 aromatic heterocycles. The summed E-state index contributed by atoms with van der Waals surface area (Å²) in [6, 6.07) is 9.45. The zero-order valence-corrected chi connectivity index (χ0v) is 11.0. The third-order valence-electron chi connectivity index (χ3n) is 3.17. The number of benzene rings is 1. The highest BCUT2D eigenvalue weighted by molar-refractivity contribution is 5.93. The van der Waals surface area contributed by atoms with Crippen LogP contribution < -0.4 is 4.90 Å². The number of hydrogen-bond acceptors (Lipinski definition) is 3. The van der Waals surface area contributed by atoms with E-state index in [1.807, 2.05) is 30.3 Å². The van der Waals surface area contributed by atoms with Crippen LogP contribution in [0.15, 0.2) is 30.3 Å². The second kappa shape index (κ2) is 6.22. The number of ether oxygens (including phenoxy) is 1. The lowest BCUT2D eigenvalue weighted by Crippen LogP contribution is -2.40. The fourth-order valence-corrected chi connectivity index (χ4v) is 1.99. The van der Waals surface area contributed by atoms with Crippen LogP contribution in [0.5, 0.6) is 0 Å². The highest BCUT2D eigenvalue weighted by Crippen LogP contribution is 2.13. The molecule has 1 aromatic carbocycles. The van der Waals surface area contributed by atoms with E-state index in [9.17, 15) is 9.59 Å². The summed E-state index contributed by atoms with van der Waals surface area (Å²) in [4.78, 5) is 26.7. The number of para-hydroxylation sites is 1. The standard InChI is InChI=1S/C14H18N2O3/c1-15(12-6-3-2-4-7-12)13(17)8-10-16-9-5-11-19-14(16)18/h2-4,6-7H,5,8-11H2,1H3. The van der Waals surface area contributed by atoms with Gasteiger partial charge in [-0.3, -0.25) is 4.79 Å². The van der Waals surface area contributed by atoms with Gasteiger partial charge in [-0.05, 0) is 18.6 Å². The van der Waals surface area contributed by atoms with E-state index in [-0.39, 0.29) is 12.0 Å². The summed E-state index contributed by atoms with van der Waals surface area (Å²) in [5.41, 5.74) is 0.855. The molecule has 5 heteroatoms. The van der Waals surface area contributed by atoms with E-state index in [1.165, 1.54) is 0 Å². The van der Waals surface area contributed by atoms with Gasteiger partial charge in [0.25, 0.3) is 0 Å². The Labute approximate surface area is 112 Å². The lowest BCUT2D eigenvalue weighted by Gasteiger charge is -2.26. The molecule has 0 atom stereocenters. The van der Waals surface area contributed by atoms with Crippen LogP contribution in [0.2, 0.25) is 0 Å². The molecule has 0 spiro atoms. The van der Waals surface area contributed by atoms with Crippen molar-refractivity contribution in [2.24, 2.45) is 0 Å². The molecule has 0 saturated carbocycles. The number of amides is 2. The van der Waals surface area contributed by atoms with Crippen LogP contribution in [0.1, 0.15) is 12.8 Å². The second-order valence-electron chi connectivity index (χ2n) is 4.49. The number of nitrogens with zero attached hydrogens (tertiary/aromatic N) is 2. The zero-order chi connectivity index (χ0) is 13.7. The van der Waals surface area contributed by atoms with Gasteiger partial charge in [0.2, 0.25) is 5.91 Å². The molecule has 19 heavy (non-hydrogen) atoms. The first-order valence-corrected chi connectivity index (χ1v) is 6.42. The Morgan fingerprint density at radius 3 is 2.79 bits per heavy atom. The molecule has 2 amide bonds. The summed E-state index contributed by atoms with van der Waals surface area (Å²) in [5, 5.41) is 0. The van der Waals surface area contributed by atoms with Crippen molar-refractivity contribution in [1.82, 2.24) is 4.90 Å². The molecule has 1 heterocycles. The van der Waals surface area contributed by atoms with Gasteiger partial charge in [0, 0.05) is 32.2 Å². The van der Waals surface area contributed by atoms with E-state index in [0.29, 0.717) is 26.1 Å². The highest BCUT2D eigenvalue weighted by atomic mass is 16.6. The van der Waals surface area contributed by atoms with Gasteiger partial charge < -0.3 is 14.5 Å². The van der Waals surface area contributed by atoms with Crippen LogP contribution in [0.4, 0.5) is 10.5 Å². The van der Waals surface area contributed by atoms with Gasteiger partial charge in [-0.2, -0.15) is 0 Å². The Balaban J connectivity index is 1.85. The minimum Gasteiger partial charge on any atom is -0.449 e. The van der Waals surface area contributed by atoms with Gasteiger partial charge in [-0.15, -0.1) is 0 Å². The molecule has 1 fully saturated rings. The molecule has 0 aliphatic carbocycles. The topological polar surface area (TPSA) is 49.9 Å². The van der Waals surface area contributed by atoms with Gasteiger partial charge in [0.1, 0.15) is 0 Å². The van der Waals surface area contributed by atoms with Crippen LogP contribution in [0, 0.1) is 0 Å². The summed E-state index contributed by atoms with van der Waals surface area (Å²) in [5.74, 6) is -0.00965. The third-order valence-corrected chi connectivity index (χ3v) is 3.17. The molecule has 1 aromatic rings. The predicted octanol–water partition coefficient (Wildman–Crippen LogP) is 1.88. The first-order chi connectivity index (χ1) is 9.18. The lowest BCUT2D eigenvalue weighted by atomic mass is 10.2. The molecule has 0 N–H and O–H groups in total. The molecule has 1 aliphatic rings. The van der Waals surface area contributed by atoms with E-state index in [0.717, 1.165) is 12.1 Å².